The van der Waals surface area contributed by atoms with E-state index < -0.39 is 0 Å². The number of benzene rings is 1. The third kappa shape index (κ3) is 1.88. The van der Waals surface area contributed by atoms with E-state index in [1.807, 2.05) is 0 Å². The van der Waals surface area contributed by atoms with E-state index in [4.69, 9.17) is 0 Å². The molecule has 1 fully saturated rings. The normalized spacial score (nSPS) is 33.9. The molecule has 1 aromatic carbocycles. The highest BCUT2D eigenvalue weighted by Crippen LogP contribution is 2.57. The Hall–Kier alpha value is -1.04. The van der Waals surface area contributed by atoms with Gasteiger partial charge in [-0.05, 0) is 78.9 Å². The smallest absolute Gasteiger partial charge is 0.0168 e. The highest BCUT2D eigenvalue weighted by molar-refractivity contribution is 5.39. The second kappa shape index (κ2) is 4.76. The summed E-state index contributed by atoms with van der Waals surface area (Å²) in [5, 5.41) is 0. The van der Waals surface area contributed by atoms with Gasteiger partial charge in [-0.25, -0.2) is 0 Å². The molecule has 0 radical (unpaired) electrons. The molecule has 3 unspecified atom stereocenters. The maximum atomic E-state index is 2.54. The first-order valence-corrected chi connectivity index (χ1v) is 8.59. The van der Waals surface area contributed by atoms with Crippen LogP contribution < -0.4 is 0 Å². The van der Waals surface area contributed by atoms with E-state index in [1.54, 1.807) is 16.7 Å². The van der Waals surface area contributed by atoms with Gasteiger partial charge in [-0.1, -0.05) is 43.7 Å². The van der Waals surface area contributed by atoms with Gasteiger partial charge in [0.2, 0.25) is 0 Å². The van der Waals surface area contributed by atoms with Crippen molar-refractivity contribution < 1.29 is 0 Å². The van der Waals surface area contributed by atoms with Crippen molar-refractivity contribution in [3.05, 3.63) is 47.0 Å². The number of hydrogen-bond acceptors (Lipinski definition) is 0. The summed E-state index contributed by atoms with van der Waals surface area (Å²) in [7, 11) is 0. The van der Waals surface area contributed by atoms with Crippen molar-refractivity contribution in [2.24, 2.45) is 17.3 Å². The van der Waals surface area contributed by atoms with E-state index in [1.165, 1.54) is 51.4 Å². The Bertz CT molecular complexity index is 539. The first kappa shape index (κ1) is 12.7. The fourth-order valence-electron chi connectivity index (χ4n) is 5.16. The van der Waals surface area contributed by atoms with Crippen molar-refractivity contribution in [3.63, 3.8) is 0 Å². The molecule has 0 saturated heterocycles. The van der Waals surface area contributed by atoms with Gasteiger partial charge in [0, 0.05) is 0 Å². The second-order valence-electron chi connectivity index (χ2n) is 7.39. The molecule has 1 saturated carbocycles. The van der Waals surface area contributed by atoms with Crippen LogP contribution in [0.2, 0.25) is 0 Å². The summed E-state index contributed by atoms with van der Waals surface area (Å²) in [5.74, 6) is 1.80. The zero-order chi connectivity index (χ0) is 13.6. The van der Waals surface area contributed by atoms with Gasteiger partial charge in [-0.3, -0.25) is 0 Å². The molecular formula is C20H26. The summed E-state index contributed by atoms with van der Waals surface area (Å²) >= 11 is 0. The molecule has 0 aliphatic heterocycles. The van der Waals surface area contributed by atoms with Crippen molar-refractivity contribution in [1.29, 1.82) is 0 Å². The average Bonchev–Trinajstić information content (AvgIpc) is 3.05. The standard InChI is InChI=1S/C20H26/c1-2-3-5-16-6-4-7-17-14-20(11-10-19(16)17)13-15-8-9-18(20)12-15/h4,6-9,15,18H,2-3,5,10-14H2,1H3. The summed E-state index contributed by atoms with van der Waals surface area (Å²) in [6.45, 7) is 2.30. The average molecular weight is 266 g/mol. The minimum absolute atomic E-state index is 0.635. The van der Waals surface area contributed by atoms with Gasteiger partial charge in [-0.15, -0.1) is 0 Å². The van der Waals surface area contributed by atoms with Crippen molar-refractivity contribution in [1.82, 2.24) is 0 Å². The fraction of sp³-hybridized carbons (Fsp3) is 0.600. The molecule has 3 aliphatic carbocycles. The third-order valence-corrected chi connectivity index (χ3v) is 6.21. The highest BCUT2D eigenvalue weighted by atomic mass is 14.5. The van der Waals surface area contributed by atoms with E-state index in [2.05, 4.69) is 37.3 Å². The topological polar surface area (TPSA) is 0 Å². The van der Waals surface area contributed by atoms with Gasteiger partial charge in [0.1, 0.15) is 0 Å². The molecule has 2 bridgehead atoms. The van der Waals surface area contributed by atoms with Crippen molar-refractivity contribution >= 4 is 0 Å². The molecule has 0 aromatic heterocycles. The first-order chi connectivity index (χ1) is 9.81. The van der Waals surface area contributed by atoms with Gasteiger partial charge in [0.15, 0.2) is 0 Å². The van der Waals surface area contributed by atoms with Crippen molar-refractivity contribution in [2.75, 3.05) is 0 Å². The SMILES string of the molecule is CCCCc1cccc2c1CCC1(C2)CC2C=CC1C2. The quantitative estimate of drug-likeness (QED) is 0.668. The molecule has 1 aromatic rings. The minimum atomic E-state index is 0.635. The van der Waals surface area contributed by atoms with Crippen LogP contribution in [-0.2, 0) is 19.3 Å². The molecule has 4 rings (SSSR count). The van der Waals surface area contributed by atoms with Crippen LogP contribution in [0.25, 0.3) is 0 Å². The number of rotatable bonds is 3. The van der Waals surface area contributed by atoms with Crippen LogP contribution in [-0.4, -0.2) is 0 Å². The summed E-state index contributed by atoms with van der Waals surface area (Å²) in [5.41, 5.74) is 5.69. The van der Waals surface area contributed by atoms with Crippen molar-refractivity contribution in [2.45, 2.75) is 58.3 Å². The highest BCUT2D eigenvalue weighted by Gasteiger charge is 2.49. The predicted molar refractivity (Wildman–Crippen MR) is 84.9 cm³/mol. The van der Waals surface area contributed by atoms with Crippen LogP contribution in [0.15, 0.2) is 30.4 Å². The van der Waals surface area contributed by atoms with E-state index in [-0.39, 0.29) is 0 Å². The zero-order valence-electron chi connectivity index (χ0n) is 12.7. The third-order valence-electron chi connectivity index (χ3n) is 6.21. The van der Waals surface area contributed by atoms with Gasteiger partial charge < -0.3 is 0 Å². The van der Waals surface area contributed by atoms with E-state index in [9.17, 15) is 0 Å². The van der Waals surface area contributed by atoms with Crippen LogP contribution in [0, 0.1) is 17.3 Å². The molecule has 0 amide bonds. The Labute approximate surface area is 123 Å². The van der Waals surface area contributed by atoms with Crippen LogP contribution >= 0.6 is 0 Å². The summed E-state index contributed by atoms with van der Waals surface area (Å²) in [6, 6.07) is 7.11. The van der Waals surface area contributed by atoms with Gasteiger partial charge in [0.25, 0.3) is 0 Å². The molecule has 0 heterocycles. The molecular weight excluding hydrogens is 240 g/mol. The van der Waals surface area contributed by atoms with Crippen LogP contribution in [0.3, 0.4) is 0 Å². The predicted octanol–water partition coefficient (Wildman–Crippen LogP) is 5.10. The Morgan fingerprint density at radius 1 is 1.25 bits per heavy atom. The number of unbranched alkanes of at least 4 members (excludes halogenated alkanes) is 1. The van der Waals surface area contributed by atoms with E-state index in [0.29, 0.717) is 5.41 Å². The number of aryl methyl sites for hydroxylation is 1. The summed E-state index contributed by atoms with van der Waals surface area (Å²) < 4.78 is 0. The van der Waals surface area contributed by atoms with E-state index >= 15 is 0 Å². The largest absolute Gasteiger partial charge is 0.0851 e. The molecule has 20 heavy (non-hydrogen) atoms. The lowest BCUT2D eigenvalue weighted by Gasteiger charge is -2.40. The van der Waals surface area contributed by atoms with Crippen molar-refractivity contribution in [3.8, 4) is 0 Å². The van der Waals surface area contributed by atoms with Gasteiger partial charge in [-0.2, -0.15) is 0 Å². The molecule has 0 heteroatoms. The van der Waals surface area contributed by atoms with Crippen LogP contribution in [0.4, 0.5) is 0 Å². The lowest BCUT2D eigenvalue weighted by atomic mass is 9.64. The molecule has 0 N–H and O–H groups in total. The maximum Gasteiger partial charge on any atom is -0.0168 e. The fourth-order valence-corrected chi connectivity index (χ4v) is 5.16. The minimum Gasteiger partial charge on any atom is -0.0851 e. The number of fused-ring (bicyclic) bond motifs is 4. The lowest BCUT2D eigenvalue weighted by molar-refractivity contribution is 0.194. The summed E-state index contributed by atoms with van der Waals surface area (Å²) in [6.07, 6.45) is 16.0. The lowest BCUT2D eigenvalue weighted by Crippen LogP contribution is -2.33. The first-order valence-electron chi connectivity index (χ1n) is 8.59. The molecule has 106 valence electrons. The zero-order valence-corrected chi connectivity index (χ0v) is 12.7. The Balaban J connectivity index is 1.62. The monoisotopic (exact) mass is 266 g/mol. The summed E-state index contributed by atoms with van der Waals surface area (Å²) in [4.78, 5) is 0. The molecule has 0 nitrogen and oxygen atoms in total. The Kier molecular flexibility index (Phi) is 3.02. The van der Waals surface area contributed by atoms with E-state index in [0.717, 1.165) is 11.8 Å². The van der Waals surface area contributed by atoms with Crippen LogP contribution in [0.1, 0.15) is 55.7 Å². The Morgan fingerprint density at radius 3 is 2.95 bits per heavy atom. The van der Waals surface area contributed by atoms with Gasteiger partial charge >= 0.3 is 0 Å². The second-order valence-corrected chi connectivity index (χ2v) is 7.39. The van der Waals surface area contributed by atoms with Crippen LogP contribution in [0.5, 0.6) is 0 Å². The molecule has 3 aliphatic rings. The molecule has 1 spiro atoms. The maximum absolute atomic E-state index is 2.54. The number of allylic oxidation sites excluding steroid dienone is 2. The Morgan fingerprint density at radius 2 is 2.20 bits per heavy atom. The van der Waals surface area contributed by atoms with Gasteiger partial charge in [0.05, 0.1) is 0 Å². The molecule has 3 atom stereocenters. The number of hydrogen-bond donors (Lipinski definition) is 0.